The van der Waals surface area contributed by atoms with E-state index in [0.29, 0.717) is 0 Å². The highest BCUT2D eigenvalue weighted by Crippen LogP contribution is 2.32. The number of nitrogens with zero attached hydrogens (tertiary/aromatic N) is 2. The fourth-order valence-corrected chi connectivity index (χ4v) is 4.15. The van der Waals surface area contributed by atoms with Crippen LogP contribution >= 0.6 is 0 Å². The summed E-state index contributed by atoms with van der Waals surface area (Å²) in [5, 5.41) is 3.53. The molecule has 98 valence electrons. The first-order valence-electron chi connectivity index (χ1n) is 7.49. The van der Waals surface area contributed by atoms with Gasteiger partial charge in [-0.05, 0) is 71.2 Å². The van der Waals surface area contributed by atoms with E-state index in [1.807, 2.05) is 0 Å². The van der Waals surface area contributed by atoms with Crippen molar-refractivity contribution in [2.45, 2.75) is 44.2 Å². The van der Waals surface area contributed by atoms with Gasteiger partial charge in [-0.3, -0.25) is 0 Å². The highest BCUT2D eigenvalue weighted by Gasteiger charge is 2.37. The van der Waals surface area contributed by atoms with E-state index in [1.54, 1.807) is 0 Å². The normalized spacial score (nSPS) is 42.7. The van der Waals surface area contributed by atoms with E-state index in [0.717, 1.165) is 18.0 Å². The van der Waals surface area contributed by atoms with Crippen molar-refractivity contribution in [3.8, 4) is 0 Å². The van der Waals surface area contributed by atoms with Gasteiger partial charge in [-0.1, -0.05) is 0 Å². The van der Waals surface area contributed by atoms with Gasteiger partial charge in [0.25, 0.3) is 0 Å². The Morgan fingerprint density at radius 2 is 1.94 bits per heavy atom. The molecule has 0 radical (unpaired) electrons. The van der Waals surface area contributed by atoms with Crippen LogP contribution < -0.4 is 5.32 Å². The average molecular weight is 237 g/mol. The lowest BCUT2D eigenvalue weighted by atomic mass is 9.91. The van der Waals surface area contributed by atoms with Crippen LogP contribution in [0.5, 0.6) is 0 Å². The minimum absolute atomic E-state index is 0.835. The van der Waals surface area contributed by atoms with E-state index < -0.39 is 0 Å². The molecule has 4 atom stereocenters. The van der Waals surface area contributed by atoms with Crippen molar-refractivity contribution in [2.75, 3.05) is 39.8 Å². The molecule has 3 nitrogen and oxygen atoms in total. The van der Waals surface area contributed by atoms with Crippen molar-refractivity contribution in [1.82, 2.24) is 15.1 Å². The highest BCUT2D eigenvalue weighted by molar-refractivity contribution is 4.93. The van der Waals surface area contributed by atoms with Gasteiger partial charge < -0.3 is 15.1 Å². The fraction of sp³-hybridized carbons (Fsp3) is 1.00. The maximum atomic E-state index is 3.53. The van der Waals surface area contributed by atoms with Crippen molar-refractivity contribution in [2.24, 2.45) is 5.92 Å². The Labute approximate surface area is 106 Å². The summed E-state index contributed by atoms with van der Waals surface area (Å²) < 4.78 is 0. The van der Waals surface area contributed by atoms with Gasteiger partial charge in [0.2, 0.25) is 0 Å². The van der Waals surface area contributed by atoms with Crippen LogP contribution in [0.4, 0.5) is 0 Å². The van der Waals surface area contributed by atoms with Crippen LogP contribution in [-0.4, -0.2) is 61.7 Å². The predicted molar refractivity (Wildman–Crippen MR) is 71.2 cm³/mol. The van der Waals surface area contributed by atoms with Gasteiger partial charge in [0.1, 0.15) is 0 Å². The molecular formula is C14H27N3. The Hall–Kier alpha value is -0.120. The third-order valence-corrected chi connectivity index (χ3v) is 5.24. The lowest BCUT2D eigenvalue weighted by Crippen LogP contribution is -2.49. The predicted octanol–water partition coefficient (Wildman–Crippen LogP) is 1.15. The molecule has 0 aliphatic carbocycles. The van der Waals surface area contributed by atoms with E-state index in [1.165, 1.54) is 64.8 Å². The van der Waals surface area contributed by atoms with Crippen LogP contribution in [-0.2, 0) is 0 Å². The van der Waals surface area contributed by atoms with Crippen molar-refractivity contribution >= 4 is 0 Å². The minimum atomic E-state index is 0.835. The van der Waals surface area contributed by atoms with Crippen molar-refractivity contribution < 1.29 is 0 Å². The van der Waals surface area contributed by atoms with Crippen LogP contribution in [0.15, 0.2) is 0 Å². The zero-order valence-corrected chi connectivity index (χ0v) is 11.2. The van der Waals surface area contributed by atoms with Crippen LogP contribution in [0.3, 0.4) is 0 Å². The number of piperidine rings is 1. The smallest absolute Gasteiger partial charge is 0.0148 e. The van der Waals surface area contributed by atoms with Crippen molar-refractivity contribution in [1.29, 1.82) is 0 Å². The minimum Gasteiger partial charge on any atom is -0.317 e. The molecule has 0 aromatic heterocycles. The van der Waals surface area contributed by atoms with Crippen LogP contribution in [0.1, 0.15) is 32.1 Å². The molecule has 0 amide bonds. The van der Waals surface area contributed by atoms with Gasteiger partial charge in [0.05, 0.1) is 0 Å². The lowest BCUT2D eigenvalue weighted by molar-refractivity contribution is 0.0810. The average Bonchev–Trinajstić information content (AvgIpc) is 2.58. The van der Waals surface area contributed by atoms with E-state index in [-0.39, 0.29) is 0 Å². The Kier molecular flexibility index (Phi) is 3.69. The molecule has 4 unspecified atom stereocenters. The Morgan fingerprint density at radius 3 is 2.88 bits per heavy atom. The molecular weight excluding hydrogens is 210 g/mol. The molecule has 1 N–H and O–H groups in total. The second kappa shape index (κ2) is 5.25. The molecule has 2 bridgehead atoms. The third kappa shape index (κ3) is 2.51. The number of hydrogen-bond acceptors (Lipinski definition) is 3. The summed E-state index contributed by atoms with van der Waals surface area (Å²) in [4.78, 5) is 5.41. The molecule has 3 aliphatic rings. The Morgan fingerprint density at radius 1 is 1.06 bits per heavy atom. The first-order valence-corrected chi connectivity index (χ1v) is 7.49. The van der Waals surface area contributed by atoms with Crippen LogP contribution in [0.25, 0.3) is 0 Å². The number of fused-ring (bicyclic) bond motifs is 2. The maximum Gasteiger partial charge on any atom is 0.0148 e. The second-order valence-corrected chi connectivity index (χ2v) is 6.21. The van der Waals surface area contributed by atoms with Crippen molar-refractivity contribution in [3.05, 3.63) is 0 Å². The SMILES string of the molecule is CN(C1CCCNCC1)C1CCN2CCC1C2. The standard InChI is InChI=1S/C14H27N3/c1-16(13-3-2-7-15-8-4-13)14-6-10-17-9-5-12(14)11-17/h12-15H,2-11H2,1H3. The molecule has 0 saturated carbocycles. The van der Waals surface area contributed by atoms with Crippen LogP contribution in [0, 0.1) is 5.92 Å². The number of rotatable bonds is 2. The van der Waals surface area contributed by atoms with E-state index in [2.05, 4.69) is 22.2 Å². The fourth-order valence-electron chi connectivity index (χ4n) is 4.15. The summed E-state index contributed by atoms with van der Waals surface area (Å²) in [5.41, 5.74) is 0. The Bertz CT molecular complexity index is 248. The summed E-state index contributed by atoms with van der Waals surface area (Å²) in [6.07, 6.45) is 6.96. The molecule has 3 saturated heterocycles. The largest absolute Gasteiger partial charge is 0.317 e. The highest BCUT2D eigenvalue weighted by atomic mass is 15.2. The molecule has 3 heteroatoms. The molecule has 17 heavy (non-hydrogen) atoms. The van der Waals surface area contributed by atoms with E-state index in [4.69, 9.17) is 0 Å². The maximum absolute atomic E-state index is 3.53. The number of hydrogen-bond donors (Lipinski definition) is 1. The zero-order valence-electron chi connectivity index (χ0n) is 11.2. The first-order chi connectivity index (χ1) is 8.34. The molecule has 3 rings (SSSR count). The first kappa shape index (κ1) is 11.9. The van der Waals surface area contributed by atoms with Gasteiger partial charge >= 0.3 is 0 Å². The van der Waals surface area contributed by atoms with E-state index in [9.17, 15) is 0 Å². The topological polar surface area (TPSA) is 18.5 Å². The summed E-state index contributed by atoms with van der Waals surface area (Å²) in [6.45, 7) is 6.53. The molecule has 0 aromatic rings. The van der Waals surface area contributed by atoms with Gasteiger partial charge in [0.15, 0.2) is 0 Å². The van der Waals surface area contributed by atoms with Gasteiger partial charge in [-0.25, -0.2) is 0 Å². The Balaban J connectivity index is 1.62. The molecule has 3 heterocycles. The third-order valence-electron chi connectivity index (χ3n) is 5.24. The van der Waals surface area contributed by atoms with Gasteiger partial charge in [-0.15, -0.1) is 0 Å². The second-order valence-electron chi connectivity index (χ2n) is 6.21. The molecule has 0 spiro atoms. The lowest BCUT2D eigenvalue weighted by Gasteiger charge is -2.41. The summed E-state index contributed by atoms with van der Waals surface area (Å²) in [6, 6.07) is 1.71. The zero-order chi connectivity index (χ0) is 11.7. The monoisotopic (exact) mass is 237 g/mol. The van der Waals surface area contributed by atoms with Crippen LogP contribution in [0.2, 0.25) is 0 Å². The summed E-state index contributed by atoms with van der Waals surface area (Å²) in [5.74, 6) is 0.963. The molecule has 3 aliphatic heterocycles. The van der Waals surface area contributed by atoms with Gasteiger partial charge in [-0.2, -0.15) is 0 Å². The molecule has 3 fully saturated rings. The van der Waals surface area contributed by atoms with Gasteiger partial charge in [0, 0.05) is 18.6 Å². The van der Waals surface area contributed by atoms with Crippen molar-refractivity contribution in [3.63, 3.8) is 0 Å². The van der Waals surface area contributed by atoms with E-state index >= 15 is 0 Å². The quantitative estimate of drug-likeness (QED) is 0.777. The summed E-state index contributed by atoms with van der Waals surface area (Å²) >= 11 is 0. The number of nitrogens with one attached hydrogen (secondary N) is 1. The molecule has 0 aromatic carbocycles. The summed E-state index contributed by atoms with van der Waals surface area (Å²) in [7, 11) is 2.40.